The van der Waals surface area contributed by atoms with Crippen molar-refractivity contribution < 1.29 is 0 Å². The van der Waals surface area contributed by atoms with Crippen molar-refractivity contribution >= 4 is 39.8 Å². The van der Waals surface area contributed by atoms with E-state index in [0.717, 1.165) is 33.4 Å². The number of benzene rings is 2. The Morgan fingerprint density at radius 2 is 1.83 bits per heavy atom. The van der Waals surface area contributed by atoms with Gasteiger partial charge in [0.25, 0.3) is 0 Å². The van der Waals surface area contributed by atoms with Crippen LogP contribution in [0, 0.1) is 6.92 Å². The fourth-order valence-electron chi connectivity index (χ4n) is 2.62. The molecule has 3 aromatic rings. The number of anilines is 1. The third kappa shape index (κ3) is 3.27. The molecule has 1 heterocycles. The van der Waals surface area contributed by atoms with E-state index >= 15 is 0 Å². The Morgan fingerprint density at radius 1 is 1.09 bits per heavy atom. The van der Waals surface area contributed by atoms with Crippen LogP contribution >= 0.6 is 23.2 Å². The maximum Gasteiger partial charge on any atom is 0.0770 e. The van der Waals surface area contributed by atoms with Crippen LogP contribution in [0.3, 0.4) is 0 Å². The SMILES string of the molecule is Cc1cc(NCc2cccc(Cl)c2Cl)c2cccc(CN)c2n1. The van der Waals surface area contributed by atoms with Gasteiger partial charge in [0.2, 0.25) is 0 Å². The number of aryl methyl sites for hydroxylation is 1. The van der Waals surface area contributed by atoms with Gasteiger partial charge in [0.05, 0.1) is 15.6 Å². The molecule has 0 aliphatic carbocycles. The minimum absolute atomic E-state index is 0.466. The predicted octanol–water partition coefficient (Wildman–Crippen LogP) is 4.92. The summed E-state index contributed by atoms with van der Waals surface area (Å²) in [4.78, 5) is 4.63. The zero-order valence-electron chi connectivity index (χ0n) is 12.7. The molecule has 0 fully saturated rings. The van der Waals surface area contributed by atoms with Gasteiger partial charge in [0, 0.05) is 29.9 Å². The maximum absolute atomic E-state index is 6.26. The van der Waals surface area contributed by atoms with Crippen molar-refractivity contribution in [2.45, 2.75) is 20.0 Å². The number of rotatable bonds is 4. The topological polar surface area (TPSA) is 50.9 Å². The predicted molar refractivity (Wildman–Crippen MR) is 98.2 cm³/mol. The second-order valence-electron chi connectivity index (χ2n) is 5.40. The van der Waals surface area contributed by atoms with E-state index in [4.69, 9.17) is 28.9 Å². The summed E-state index contributed by atoms with van der Waals surface area (Å²) in [6.07, 6.45) is 0. The van der Waals surface area contributed by atoms with Crippen LogP contribution in [-0.2, 0) is 13.1 Å². The molecule has 2 aromatic carbocycles. The molecule has 0 saturated carbocycles. The van der Waals surface area contributed by atoms with E-state index in [1.807, 2.05) is 43.3 Å². The van der Waals surface area contributed by atoms with Gasteiger partial charge in [-0.3, -0.25) is 4.98 Å². The Kier molecular flexibility index (Phi) is 4.71. The molecule has 0 saturated heterocycles. The lowest BCUT2D eigenvalue weighted by Gasteiger charge is -2.13. The summed E-state index contributed by atoms with van der Waals surface area (Å²) < 4.78 is 0. The second-order valence-corrected chi connectivity index (χ2v) is 6.18. The lowest BCUT2D eigenvalue weighted by molar-refractivity contribution is 1.07. The molecule has 3 nitrogen and oxygen atoms in total. The highest BCUT2D eigenvalue weighted by molar-refractivity contribution is 6.42. The Labute approximate surface area is 145 Å². The zero-order valence-corrected chi connectivity index (χ0v) is 14.2. The highest BCUT2D eigenvalue weighted by Crippen LogP contribution is 2.29. The Balaban J connectivity index is 1.98. The van der Waals surface area contributed by atoms with Gasteiger partial charge < -0.3 is 11.1 Å². The molecule has 0 bridgehead atoms. The van der Waals surface area contributed by atoms with Crippen molar-refractivity contribution in [2.24, 2.45) is 5.73 Å². The molecule has 0 aliphatic heterocycles. The van der Waals surface area contributed by atoms with Gasteiger partial charge in [-0.2, -0.15) is 0 Å². The smallest absolute Gasteiger partial charge is 0.0770 e. The van der Waals surface area contributed by atoms with Crippen molar-refractivity contribution in [3.05, 3.63) is 69.3 Å². The number of para-hydroxylation sites is 1. The molecule has 0 aliphatic rings. The summed E-state index contributed by atoms with van der Waals surface area (Å²) in [6, 6.07) is 13.7. The van der Waals surface area contributed by atoms with Crippen LogP contribution in [0.4, 0.5) is 5.69 Å². The molecular formula is C18H17Cl2N3. The first-order valence-corrected chi connectivity index (χ1v) is 8.12. The van der Waals surface area contributed by atoms with E-state index in [1.165, 1.54) is 0 Å². The third-order valence-electron chi connectivity index (χ3n) is 3.77. The first kappa shape index (κ1) is 16.1. The molecule has 0 atom stereocenters. The fraction of sp³-hybridized carbons (Fsp3) is 0.167. The summed E-state index contributed by atoms with van der Waals surface area (Å²) in [5.41, 5.74) is 10.7. The first-order chi connectivity index (χ1) is 11.1. The molecule has 1 aromatic heterocycles. The number of nitrogens with one attached hydrogen (secondary N) is 1. The van der Waals surface area contributed by atoms with Crippen molar-refractivity contribution in [1.82, 2.24) is 4.98 Å². The van der Waals surface area contributed by atoms with Crippen LogP contribution in [-0.4, -0.2) is 4.98 Å². The van der Waals surface area contributed by atoms with E-state index in [-0.39, 0.29) is 0 Å². The van der Waals surface area contributed by atoms with Gasteiger partial charge in [0.15, 0.2) is 0 Å². The minimum Gasteiger partial charge on any atom is -0.380 e. The summed E-state index contributed by atoms with van der Waals surface area (Å²) in [6.45, 7) is 3.03. The van der Waals surface area contributed by atoms with E-state index in [0.29, 0.717) is 23.1 Å². The Morgan fingerprint density at radius 3 is 2.61 bits per heavy atom. The average Bonchev–Trinajstić information content (AvgIpc) is 2.55. The van der Waals surface area contributed by atoms with Crippen LogP contribution in [0.2, 0.25) is 10.0 Å². The average molecular weight is 346 g/mol. The highest BCUT2D eigenvalue weighted by Gasteiger charge is 2.09. The number of hydrogen-bond acceptors (Lipinski definition) is 3. The second kappa shape index (κ2) is 6.75. The fourth-order valence-corrected chi connectivity index (χ4v) is 3.01. The van der Waals surface area contributed by atoms with Gasteiger partial charge in [-0.15, -0.1) is 0 Å². The molecule has 0 amide bonds. The first-order valence-electron chi connectivity index (χ1n) is 7.36. The third-order valence-corrected chi connectivity index (χ3v) is 4.63. The van der Waals surface area contributed by atoms with Gasteiger partial charge in [-0.05, 0) is 30.2 Å². The normalized spacial score (nSPS) is 11.0. The summed E-state index contributed by atoms with van der Waals surface area (Å²) in [5, 5.41) is 5.64. The number of nitrogens with zero attached hydrogens (tertiary/aromatic N) is 1. The summed E-state index contributed by atoms with van der Waals surface area (Å²) >= 11 is 12.3. The Bertz CT molecular complexity index is 862. The van der Waals surface area contributed by atoms with Crippen molar-refractivity contribution in [1.29, 1.82) is 0 Å². The molecular weight excluding hydrogens is 329 g/mol. The van der Waals surface area contributed by atoms with Gasteiger partial charge in [-0.25, -0.2) is 0 Å². The standard InChI is InChI=1S/C18H17Cl2N3/c1-11-8-16(14-6-2-4-12(9-21)18(14)23-11)22-10-13-5-3-7-15(19)17(13)20/h2-8H,9-10,21H2,1H3,(H,22,23). The van der Waals surface area contributed by atoms with Crippen LogP contribution in [0.5, 0.6) is 0 Å². The molecule has 0 spiro atoms. The van der Waals surface area contributed by atoms with Crippen molar-refractivity contribution in [3.63, 3.8) is 0 Å². The molecule has 3 rings (SSSR count). The number of aromatic nitrogens is 1. The van der Waals surface area contributed by atoms with E-state index in [2.05, 4.69) is 10.3 Å². The van der Waals surface area contributed by atoms with E-state index in [9.17, 15) is 0 Å². The van der Waals surface area contributed by atoms with Crippen LogP contribution < -0.4 is 11.1 Å². The largest absolute Gasteiger partial charge is 0.380 e. The van der Waals surface area contributed by atoms with Crippen LogP contribution in [0.1, 0.15) is 16.8 Å². The van der Waals surface area contributed by atoms with E-state index < -0.39 is 0 Å². The number of halogens is 2. The number of nitrogens with two attached hydrogens (primary N) is 1. The van der Waals surface area contributed by atoms with Gasteiger partial charge in [0.1, 0.15) is 0 Å². The van der Waals surface area contributed by atoms with Gasteiger partial charge >= 0.3 is 0 Å². The van der Waals surface area contributed by atoms with Crippen molar-refractivity contribution in [3.8, 4) is 0 Å². The van der Waals surface area contributed by atoms with Gasteiger partial charge in [-0.1, -0.05) is 53.5 Å². The lowest BCUT2D eigenvalue weighted by atomic mass is 10.1. The highest BCUT2D eigenvalue weighted by atomic mass is 35.5. The molecule has 0 unspecified atom stereocenters. The number of fused-ring (bicyclic) bond motifs is 1. The molecule has 23 heavy (non-hydrogen) atoms. The molecule has 0 radical (unpaired) electrons. The number of pyridine rings is 1. The zero-order chi connectivity index (χ0) is 16.4. The van der Waals surface area contributed by atoms with E-state index in [1.54, 1.807) is 6.07 Å². The minimum atomic E-state index is 0.466. The molecule has 5 heteroatoms. The Hall–Kier alpha value is -1.81. The quantitative estimate of drug-likeness (QED) is 0.705. The molecule has 118 valence electrons. The monoisotopic (exact) mass is 345 g/mol. The summed E-state index contributed by atoms with van der Waals surface area (Å²) in [7, 11) is 0. The van der Waals surface area contributed by atoms with Crippen molar-refractivity contribution in [2.75, 3.05) is 5.32 Å². The maximum atomic E-state index is 6.26. The number of hydrogen-bond donors (Lipinski definition) is 2. The molecule has 3 N–H and O–H groups in total. The summed E-state index contributed by atoms with van der Waals surface area (Å²) in [5.74, 6) is 0. The lowest BCUT2D eigenvalue weighted by Crippen LogP contribution is -2.04. The van der Waals surface area contributed by atoms with Crippen LogP contribution in [0.25, 0.3) is 10.9 Å². The van der Waals surface area contributed by atoms with Crippen LogP contribution in [0.15, 0.2) is 42.5 Å².